The van der Waals surface area contributed by atoms with Crippen LogP contribution >= 0.6 is 11.6 Å². The number of nitrogens with two attached hydrogens (primary N) is 1. The number of likely N-dealkylation sites (tertiary alicyclic amines) is 1. The van der Waals surface area contributed by atoms with Gasteiger partial charge < -0.3 is 30.2 Å². The lowest BCUT2D eigenvalue weighted by molar-refractivity contribution is -0.230. The van der Waals surface area contributed by atoms with E-state index < -0.39 is 23.8 Å². The van der Waals surface area contributed by atoms with Crippen molar-refractivity contribution in [3.8, 4) is 11.8 Å². The van der Waals surface area contributed by atoms with Crippen molar-refractivity contribution in [1.82, 2.24) is 10.2 Å². The number of halogens is 4. The van der Waals surface area contributed by atoms with Crippen molar-refractivity contribution in [2.24, 2.45) is 10.7 Å². The van der Waals surface area contributed by atoms with Gasteiger partial charge in [-0.05, 0) is 44.2 Å². The highest BCUT2D eigenvalue weighted by Gasteiger charge is 2.52. The van der Waals surface area contributed by atoms with E-state index in [4.69, 9.17) is 32.1 Å². The fourth-order valence-corrected chi connectivity index (χ4v) is 4.11. The van der Waals surface area contributed by atoms with E-state index in [0.29, 0.717) is 56.5 Å². The van der Waals surface area contributed by atoms with Gasteiger partial charge in [0.2, 0.25) is 0 Å². The first kappa shape index (κ1) is 30.0. The number of carbonyl (C=O) groups is 2. The quantitative estimate of drug-likeness (QED) is 0.322. The number of aliphatic imine (C=N–C) groups is 1. The molecule has 10 nitrogen and oxygen atoms in total. The summed E-state index contributed by atoms with van der Waals surface area (Å²) >= 11 is 6.04. The molecule has 2 aliphatic rings. The molecule has 1 aromatic carbocycles. The van der Waals surface area contributed by atoms with Gasteiger partial charge >= 0.3 is 23.8 Å². The predicted octanol–water partition coefficient (Wildman–Crippen LogP) is 3.39. The summed E-state index contributed by atoms with van der Waals surface area (Å²) in [5.41, 5.74) is 6.20. The van der Waals surface area contributed by atoms with Gasteiger partial charge in [-0.3, -0.25) is 4.79 Å². The average Bonchev–Trinajstić information content (AvgIpc) is 2.90. The summed E-state index contributed by atoms with van der Waals surface area (Å²) < 4.78 is 54.5. The Hall–Kier alpha value is -3.50. The minimum atomic E-state index is -5.35. The van der Waals surface area contributed by atoms with E-state index in [9.17, 15) is 22.8 Å². The van der Waals surface area contributed by atoms with E-state index in [2.05, 4.69) is 15.0 Å². The molecule has 0 saturated carbocycles. The SMILES string of the molecule is CC[C@H](CCCNC(=O)C1(OC(=O)C(F)(F)F)C=NC(N2CCC(N)CC2)=CO1)Oc1ccc(C#N)c(Cl)c1. The summed E-state index contributed by atoms with van der Waals surface area (Å²) in [6.07, 6.45) is -1.03. The van der Waals surface area contributed by atoms with Gasteiger partial charge in [0.25, 0.3) is 0 Å². The predicted molar refractivity (Wildman–Crippen MR) is 134 cm³/mol. The van der Waals surface area contributed by atoms with Gasteiger partial charge in [-0.1, -0.05) is 18.5 Å². The Morgan fingerprint density at radius 3 is 2.67 bits per heavy atom. The smallest absolute Gasteiger partial charge is 0.490 e. The van der Waals surface area contributed by atoms with Crippen LogP contribution in [0.3, 0.4) is 0 Å². The number of nitrogens with one attached hydrogen (secondary N) is 1. The minimum absolute atomic E-state index is 0.0237. The molecule has 1 aromatic rings. The fraction of sp³-hybridized carbons (Fsp3) is 0.520. The Balaban J connectivity index is 1.59. The second kappa shape index (κ2) is 13.0. The Morgan fingerprint density at radius 2 is 2.10 bits per heavy atom. The van der Waals surface area contributed by atoms with E-state index in [-0.39, 0.29) is 29.5 Å². The third-order valence-electron chi connectivity index (χ3n) is 6.17. The molecule has 1 fully saturated rings. The van der Waals surface area contributed by atoms with Crippen molar-refractivity contribution < 1.29 is 37.0 Å². The lowest BCUT2D eigenvalue weighted by Gasteiger charge is -2.35. The zero-order valence-electron chi connectivity index (χ0n) is 21.2. The van der Waals surface area contributed by atoms with E-state index in [1.165, 1.54) is 12.1 Å². The third kappa shape index (κ3) is 8.00. The summed E-state index contributed by atoms with van der Waals surface area (Å²) in [5.74, 6) is -5.68. The highest BCUT2D eigenvalue weighted by molar-refractivity contribution is 6.31. The lowest BCUT2D eigenvalue weighted by Crippen LogP contribution is -2.55. The second-order valence-corrected chi connectivity index (χ2v) is 9.44. The fourth-order valence-electron chi connectivity index (χ4n) is 3.89. The minimum Gasteiger partial charge on any atom is -0.490 e. The van der Waals surface area contributed by atoms with E-state index in [0.717, 1.165) is 12.5 Å². The Morgan fingerprint density at radius 1 is 1.38 bits per heavy atom. The number of carbonyl (C=O) groups excluding carboxylic acids is 2. The van der Waals surface area contributed by atoms with Crippen molar-refractivity contribution in [3.05, 3.63) is 40.9 Å². The van der Waals surface area contributed by atoms with Crippen molar-refractivity contribution >= 4 is 29.7 Å². The molecule has 0 aromatic heterocycles. The van der Waals surface area contributed by atoms with Gasteiger partial charge in [0, 0.05) is 31.7 Å². The summed E-state index contributed by atoms with van der Waals surface area (Å²) in [4.78, 5) is 30.4. The molecule has 3 rings (SSSR count). The Kier molecular flexibility index (Phi) is 10.0. The van der Waals surface area contributed by atoms with Crippen LogP contribution in [-0.2, 0) is 19.1 Å². The second-order valence-electron chi connectivity index (χ2n) is 9.03. The summed E-state index contributed by atoms with van der Waals surface area (Å²) in [6.45, 7) is 3.01. The number of rotatable bonds is 10. The molecule has 1 saturated heterocycles. The zero-order chi connectivity index (χ0) is 28.6. The van der Waals surface area contributed by atoms with Crippen molar-refractivity contribution in [3.63, 3.8) is 0 Å². The molecule has 2 atom stereocenters. The van der Waals surface area contributed by atoms with Crippen LogP contribution in [0.5, 0.6) is 5.75 Å². The van der Waals surface area contributed by atoms with Gasteiger partial charge in [0.1, 0.15) is 24.3 Å². The lowest BCUT2D eigenvalue weighted by atomic mass is 10.1. The number of hydrogen-bond acceptors (Lipinski definition) is 9. The van der Waals surface area contributed by atoms with Crippen LogP contribution < -0.4 is 15.8 Å². The topological polar surface area (TPSA) is 139 Å². The van der Waals surface area contributed by atoms with E-state index in [1.54, 1.807) is 11.0 Å². The van der Waals surface area contributed by atoms with E-state index >= 15 is 0 Å². The number of nitriles is 1. The highest BCUT2D eigenvalue weighted by atomic mass is 35.5. The molecule has 0 spiro atoms. The standard InChI is InChI=1S/C25H29ClF3N5O5/c1-2-18(38-19-6-5-16(13-30)20(26)12-19)4-3-9-32-22(35)24(39-23(36)25(27,28)29)15-33-21(14-37-24)34-10-7-17(31)8-11-34/h5-6,12,14-15,17-18H,2-4,7-11,31H2,1H3,(H,32,35)/t18-,24?/m1/s1. The Labute approximate surface area is 228 Å². The zero-order valence-corrected chi connectivity index (χ0v) is 21.9. The summed E-state index contributed by atoms with van der Waals surface area (Å²) in [5, 5.41) is 11.7. The molecule has 0 bridgehead atoms. The first-order chi connectivity index (χ1) is 18.5. The number of hydrogen-bond donors (Lipinski definition) is 2. The summed E-state index contributed by atoms with van der Waals surface area (Å²) in [6, 6.07) is 6.69. The molecule has 0 aliphatic carbocycles. The molecule has 3 N–H and O–H groups in total. The third-order valence-corrected chi connectivity index (χ3v) is 6.48. The molecular weight excluding hydrogens is 543 g/mol. The molecule has 1 unspecified atom stereocenters. The maximum Gasteiger partial charge on any atom is 0.491 e. The van der Waals surface area contributed by atoms with Gasteiger partial charge in [-0.25, -0.2) is 9.79 Å². The molecule has 0 radical (unpaired) electrons. The molecule has 2 aliphatic heterocycles. The normalized spacial score (nSPS) is 20.3. The van der Waals surface area contributed by atoms with Crippen LogP contribution in [0.15, 0.2) is 35.3 Å². The largest absolute Gasteiger partial charge is 0.491 e. The molecule has 14 heteroatoms. The molecule has 1 amide bonds. The van der Waals surface area contributed by atoms with Gasteiger partial charge in [0.15, 0.2) is 5.82 Å². The number of nitrogens with zero attached hydrogens (tertiary/aromatic N) is 3. The molecule has 2 heterocycles. The molecular formula is C25H29ClF3N5O5. The number of benzene rings is 1. The van der Waals surface area contributed by atoms with E-state index in [1.807, 2.05) is 13.0 Å². The number of ether oxygens (including phenoxy) is 3. The maximum atomic E-state index is 12.9. The van der Waals surface area contributed by atoms with Gasteiger partial charge in [-0.2, -0.15) is 18.4 Å². The highest BCUT2D eigenvalue weighted by Crippen LogP contribution is 2.27. The van der Waals surface area contributed by atoms with Crippen LogP contribution in [0.25, 0.3) is 0 Å². The number of esters is 1. The van der Waals surface area contributed by atoms with Crippen LogP contribution in [-0.4, -0.2) is 66.7 Å². The summed E-state index contributed by atoms with van der Waals surface area (Å²) in [7, 11) is 0. The number of alkyl halides is 3. The van der Waals surface area contributed by atoms with Gasteiger partial charge in [0.05, 0.1) is 16.7 Å². The monoisotopic (exact) mass is 571 g/mol. The number of piperidine rings is 1. The van der Waals surface area contributed by atoms with Gasteiger partial charge in [-0.15, -0.1) is 0 Å². The molecule has 212 valence electrons. The first-order valence-corrected chi connectivity index (χ1v) is 12.7. The Bertz CT molecular complexity index is 1150. The first-order valence-electron chi connectivity index (χ1n) is 12.4. The van der Waals surface area contributed by atoms with Crippen LogP contribution in [0.2, 0.25) is 5.02 Å². The van der Waals surface area contributed by atoms with Crippen LogP contribution in [0, 0.1) is 11.3 Å². The maximum absolute atomic E-state index is 12.9. The van der Waals surface area contributed by atoms with Crippen molar-refractivity contribution in [2.75, 3.05) is 19.6 Å². The molecule has 39 heavy (non-hydrogen) atoms. The van der Waals surface area contributed by atoms with Crippen molar-refractivity contribution in [1.29, 1.82) is 5.26 Å². The van der Waals surface area contributed by atoms with Crippen LogP contribution in [0.1, 0.15) is 44.6 Å². The number of amides is 1. The van der Waals surface area contributed by atoms with Crippen LogP contribution in [0.4, 0.5) is 13.2 Å². The average molecular weight is 572 g/mol. The van der Waals surface area contributed by atoms with Crippen molar-refractivity contribution in [2.45, 2.75) is 63.1 Å².